The average molecular weight is 174 g/mol. The number of carbonyl (C=O) groups is 1. The van der Waals surface area contributed by atoms with Crippen LogP contribution in [0.25, 0.3) is 0 Å². The number of nitrogens with zero attached hydrogens (tertiary/aromatic N) is 1. The fourth-order valence-electron chi connectivity index (χ4n) is 1.10. The van der Waals surface area contributed by atoms with Crippen molar-refractivity contribution in [2.75, 3.05) is 26.3 Å². The predicted molar refractivity (Wildman–Crippen MR) is 48.2 cm³/mol. The average Bonchev–Trinajstić information content (AvgIpc) is 2.05. The minimum absolute atomic E-state index is 0. The van der Waals surface area contributed by atoms with Crippen molar-refractivity contribution in [3.8, 4) is 0 Å². The Hall–Kier alpha value is -0.770. The van der Waals surface area contributed by atoms with Crippen LogP contribution in [0.4, 0.5) is 4.79 Å². The number of rotatable bonds is 1. The molecule has 1 rings (SSSR count). The summed E-state index contributed by atoms with van der Waals surface area (Å²) in [7, 11) is 0. The van der Waals surface area contributed by atoms with Gasteiger partial charge in [0.2, 0.25) is 0 Å². The van der Waals surface area contributed by atoms with Crippen molar-refractivity contribution in [3.05, 3.63) is 0 Å². The molecule has 2 amide bonds. The lowest BCUT2D eigenvalue weighted by Gasteiger charge is -2.27. The molecule has 1 N–H and O–H groups in total. The third-order valence-electron chi connectivity index (χ3n) is 1.71. The molecule has 0 atom stereocenters. The third kappa shape index (κ3) is 2.70. The summed E-state index contributed by atoms with van der Waals surface area (Å²) in [5.74, 6) is 0. The normalized spacial score (nSPS) is 18.1. The van der Waals surface area contributed by atoms with E-state index in [4.69, 9.17) is 4.74 Å². The molecule has 0 aromatic carbocycles. The zero-order chi connectivity index (χ0) is 8.97. The molecule has 1 heterocycles. The molecule has 0 radical (unpaired) electrons. The van der Waals surface area contributed by atoms with Crippen LogP contribution in [0.3, 0.4) is 0 Å². The monoisotopic (exact) mass is 174 g/mol. The summed E-state index contributed by atoms with van der Waals surface area (Å²) in [4.78, 5) is 13.1. The fourth-order valence-corrected chi connectivity index (χ4v) is 1.10. The molecule has 1 aliphatic rings. The summed E-state index contributed by atoms with van der Waals surface area (Å²) in [6.07, 6.45) is 0. The van der Waals surface area contributed by atoms with Gasteiger partial charge in [-0.3, -0.25) is 0 Å². The summed E-state index contributed by atoms with van der Waals surface area (Å²) >= 11 is 0. The van der Waals surface area contributed by atoms with Gasteiger partial charge in [-0.2, -0.15) is 0 Å². The first-order chi connectivity index (χ1) is 5.70. The molecule has 0 spiro atoms. The molecule has 12 heavy (non-hydrogen) atoms. The standard InChI is InChI=1S/C8H16N2O2.H2/c1-7(2)9-8(11)10-3-5-12-6-4-10;/h7H,3-6H2,1-2H3,(H,9,11);1H. The second-order valence-electron chi connectivity index (χ2n) is 3.20. The number of nitrogens with one attached hydrogen (secondary N) is 1. The van der Waals surface area contributed by atoms with Crippen molar-refractivity contribution in [3.63, 3.8) is 0 Å². The topological polar surface area (TPSA) is 41.6 Å². The van der Waals surface area contributed by atoms with Gasteiger partial charge < -0.3 is 15.0 Å². The molecule has 1 aliphatic heterocycles. The Kier molecular flexibility index (Phi) is 3.34. The summed E-state index contributed by atoms with van der Waals surface area (Å²) in [6.45, 7) is 6.64. The van der Waals surface area contributed by atoms with Crippen LogP contribution in [0.5, 0.6) is 0 Å². The second-order valence-corrected chi connectivity index (χ2v) is 3.20. The number of hydrogen-bond acceptors (Lipinski definition) is 2. The van der Waals surface area contributed by atoms with E-state index < -0.39 is 0 Å². The van der Waals surface area contributed by atoms with E-state index in [-0.39, 0.29) is 13.5 Å². The zero-order valence-corrected chi connectivity index (χ0v) is 7.67. The van der Waals surface area contributed by atoms with Crippen LogP contribution in [-0.4, -0.2) is 43.3 Å². The van der Waals surface area contributed by atoms with Crippen molar-refractivity contribution >= 4 is 6.03 Å². The van der Waals surface area contributed by atoms with Gasteiger partial charge in [-0.15, -0.1) is 0 Å². The largest absolute Gasteiger partial charge is 0.378 e. The minimum atomic E-state index is 0. The van der Waals surface area contributed by atoms with Crippen LogP contribution in [0.15, 0.2) is 0 Å². The number of morpholine rings is 1. The molecule has 4 heteroatoms. The molecule has 1 saturated heterocycles. The van der Waals surface area contributed by atoms with Crippen molar-refractivity contribution in [2.24, 2.45) is 0 Å². The SMILES string of the molecule is CC(C)NC(=O)N1CCOCC1.[HH]. The van der Waals surface area contributed by atoms with Crippen molar-refractivity contribution in [2.45, 2.75) is 19.9 Å². The lowest BCUT2D eigenvalue weighted by Crippen LogP contribution is -2.47. The highest BCUT2D eigenvalue weighted by atomic mass is 16.5. The quantitative estimate of drug-likeness (QED) is 0.635. The molecule has 72 valence electrons. The van der Waals surface area contributed by atoms with Crippen LogP contribution in [0.2, 0.25) is 0 Å². The first kappa shape index (κ1) is 9.32. The van der Waals surface area contributed by atoms with E-state index in [1.54, 1.807) is 4.90 Å². The van der Waals surface area contributed by atoms with Gasteiger partial charge in [-0.25, -0.2) is 4.79 Å². The van der Waals surface area contributed by atoms with E-state index in [2.05, 4.69) is 5.32 Å². The van der Waals surface area contributed by atoms with Crippen molar-refractivity contribution in [1.82, 2.24) is 10.2 Å². The van der Waals surface area contributed by atoms with E-state index in [0.717, 1.165) is 0 Å². The highest BCUT2D eigenvalue weighted by Crippen LogP contribution is 1.97. The van der Waals surface area contributed by atoms with Crippen molar-refractivity contribution < 1.29 is 11.0 Å². The molecule has 4 nitrogen and oxygen atoms in total. The van der Waals surface area contributed by atoms with Gasteiger partial charge in [0.15, 0.2) is 0 Å². The van der Waals surface area contributed by atoms with Gasteiger partial charge in [0.1, 0.15) is 0 Å². The predicted octanol–water partition coefficient (Wildman–Crippen LogP) is 0.683. The number of amides is 2. The first-order valence-corrected chi connectivity index (χ1v) is 4.33. The molecular formula is C8H18N2O2. The smallest absolute Gasteiger partial charge is 0.317 e. The molecule has 0 aliphatic carbocycles. The van der Waals surface area contributed by atoms with Crippen molar-refractivity contribution in [1.29, 1.82) is 0 Å². The van der Waals surface area contributed by atoms with E-state index in [0.29, 0.717) is 26.3 Å². The lowest BCUT2D eigenvalue weighted by atomic mass is 10.4. The Balaban J connectivity index is 0.00000144. The van der Waals surface area contributed by atoms with Gasteiger partial charge >= 0.3 is 6.03 Å². The molecule has 0 saturated carbocycles. The number of ether oxygens (including phenoxy) is 1. The highest BCUT2D eigenvalue weighted by molar-refractivity contribution is 5.74. The third-order valence-corrected chi connectivity index (χ3v) is 1.71. The molecule has 0 unspecified atom stereocenters. The fraction of sp³-hybridized carbons (Fsp3) is 0.875. The maximum Gasteiger partial charge on any atom is 0.317 e. The molecule has 0 bridgehead atoms. The number of hydrogen-bond donors (Lipinski definition) is 1. The Labute approximate surface area is 74.4 Å². The Morgan fingerprint density at radius 1 is 1.50 bits per heavy atom. The number of urea groups is 1. The van der Waals surface area contributed by atoms with Gasteiger partial charge in [-0.1, -0.05) is 0 Å². The minimum Gasteiger partial charge on any atom is -0.378 e. The van der Waals surface area contributed by atoms with E-state index in [1.807, 2.05) is 13.8 Å². The summed E-state index contributed by atoms with van der Waals surface area (Å²) in [5.41, 5.74) is 0. The summed E-state index contributed by atoms with van der Waals surface area (Å²) in [5, 5.41) is 2.84. The lowest BCUT2D eigenvalue weighted by molar-refractivity contribution is 0.0527. The van der Waals surface area contributed by atoms with E-state index in [1.165, 1.54) is 0 Å². The van der Waals surface area contributed by atoms with Crippen LogP contribution < -0.4 is 5.32 Å². The Bertz CT molecular complexity index is 158. The van der Waals surface area contributed by atoms with Crippen LogP contribution in [0.1, 0.15) is 15.3 Å². The van der Waals surface area contributed by atoms with Gasteiger partial charge in [0.25, 0.3) is 0 Å². The molecule has 0 aromatic rings. The summed E-state index contributed by atoms with van der Waals surface area (Å²) < 4.78 is 5.13. The molecule has 1 fully saturated rings. The van der Waals surface area contributed by atoms with Crippen LogP contribution in [0, 0.1) is 0 Å². The summed E-state index contributed by atoms with van der Waals surface area (Å²) in [6, 6.07) is 0.230. The Morgan fingerprint density at radius 2 is 2.08 bits per heavy atom. The van der Waals surface area contributed by atoms with Gasteiger partial charge in [0, 0.05) is 20.6 Å². The zero-order valence-electron chi connectivity index (χ0n) is 7.67. The maximum absolute atomic E-state index is 11.4. The van der Waals surface area contributed by atoms with E-state index >= 15 is 0 Å². The van der Waals surface area contributed by atoms with Gasteiger partial charge in [-0.05, 0) is 13.8 Å². The van der Waals surface area contributed by atoms with Crippen LogP contribution in [-0.2, 0) is 4.74 Å². The van der Waals surface area contributed by atoms with E-state index in [9.17, 15) is 4.79 Å². The van der Waals surface area contributed by atoms with Gasteiger partial charge in [0.05, 0.1) is 13.2 Å². The molecule has 0 aromatic heterocycles. The van der Waals surface area contributed by atoms with Crippen LogP contribution >= 0.6 is 0 Å². The first-order valence-electron chi connectivity index (χ1n) is 4.33. The second kappa shape index (κ2) is 4.30. The molecular weight excluding hydrogens is 156 g/mol. The number of carbonyl (C=O) groups excluding carboxylic acids is 1. The maximum atomic E-state index is 11.4. The highest BCUT2D eigenvalue weighted by Gasteiger charge is 2.16. The Morgan fingerprint density at radius 3 is 2.58 bits per heavy atom.